The van der Waals surface area contributed by atoms with E-state index in [1.54, 1.807) is 6.33 Å². The molecule has 2 unspecified atom stereocenters. The minimum atomic E-state index is -0.0163. The van der Waals surface area contributed by atoms with Gasteiger partial charge in [-0.3, -0.25) is 4.79 Å². The Morgan fingerprint density at radius 1 is 1.11 bits per heavy atom. The van der Waals surface area contributed by atoms with Crippen LogP contribution in [0.15, 0.2) is 12.4 Å². The zero-order valence-corrected chi connectivity index (χ0v) is 16.4. The fraction of sp³-hybridized carbons (Fsp3) is 0.722. The monoisotopic (exact) mass is 396 g/mol. The topological polar surface area (TPSA) is 82.6 Å². The summed E-state index contributed by atoms with van der Waals surface area (Å²) < 4.78 is 5.42. The number of piperidine rings is 1. The number of hydrogen-bond donors (Lipinski definition) is 2. The summed E-state index contributed by atoms with van der Waals surface area (Å²) in [6, 6.07) is 2.23. The molecule has 2 atom stereocenters. The molecule has 3 aliphatic heterocycles. The van der Waals surface area contributed by atoms with Crippen molar-refractivity contribution < 1.29 is 9.53 Å². The highest BCUT2D eigenvalue weighted by Gasteiger charge is 2.27. The lowest BCUT2D eigenvalue weighted by Gasteiger charge is -2.35. The highest BCUT2D eigenvalue weighted by atomic mass is 35.5. The number of carbonyl (C=O) groups excluding carboxylic acids is 1. The van der Waals surface area contributed by atoms with Gasteiger partial charge >= 0.3 is 0 Å². The van der Waals surface area contributed by atoms with E-state index < -0.39 is 0 Å². The zero-order valence-electron chi connectivity index (χ0n) is 15.6. The van der Waals surface area contributed by atoms with Crippen LogP contribution < -0.4 is 20.4 Å². The van der Waals surface area contributed by atoms with Gasteiger partial charge in [0, 0.05) is 38.3 Å². The Bertz CT molecular complexity index is 622. The number of nitrogens with zero attached hydrogens (tertiary/aromatic N) is 4. The molecule has 4 heterocycles. The molecule has 4 rings (SSSR count). The average Bonchev–Trinajstić information content (AvgIpc) is 3.24. The van der Waals surface area contributed by atoms with E-state index in [-0.39, 0.29) is 30.4 Å². The van der Waals surface area contributed by atoms with Crippen molar-refractivity contribution in [3.05, 3.63) is 12.4 Å². The van der Waals surface area contributed by atoms with Crippen LogP contribution in [0, 0.1) is 0 Å². The van der Waals surface area contributed by atoms with Crippen LogP contribution in [0.5, 0.6) is 0 Å². The minimum absolute atomic E-state index is 0. The smallest absolute Gasteiger partial charge is 0.237 e. The Balaban J connectivity index is 0.00000210. The maximum Gasteiger partial charge on any atom is 0.237 e. The molecule has 9 heteroatoms. The number of carbonyl (C=O) groups is 1. The van der Waals surface area contributed by atoms with Gasteiger partial charge in [-0.2, -0.15) is 0 Å². The van der Waals surface area contributed by atoms with E-state index in [2.05, 4.69) is 36.5 Å². The summed E-state index contributed by atoms with van der Waals surface area (Å²) in [6.07, 6.45) is 5.75. The van der Waals surface area contributed by atoms with Crippen LogP contribution in [-0.2, 0) is 9.53 Å². The summed E-state index contributed by atoms with van der Waals surface area (Å²) in [5.41, 5.74) is 0. The van der Waals surface area contributed by atoms with Crippen LogP contribution in [0.25, 0.3) is 0 Å². The van der Waals surface area contributed by atoms with Crippen molar-refractivity contribution in [2.45, 2.75) is 37.8 Å². The predicted molar refractivity (Wildman–Crippen MR) is 107 cm³/mol. The van der Waals surface area contributed by atoms with Gasteiger partial charge in [0.05, 0.1) is 19.3 Å². The van der Waals surface area contributed by atoms with Gasteiger partial charge in [-0.1, -0.05) is 0 Å². The molecule has 1 aromatic rings. The van der Waals surface area contributed by atoms with E-state index in [0.717, 1.165) is 83.3 Å². The van der Waals surface area contributed by atoms with Gasteiger partial charge in [0.15, 0.2) is 0 Å². The number of rotatable bonds is 4. The molecule has 150 valence electrons. The zero-order chi connectivity index (χ0) is 17.8. The van der Waals surface area contributed by atoms with Crippen molar-refractivity contribution in [2.75, 3.05) is 55.7 Å². The Morgan fingerprint density at radius 3 is 2.63 bits per heavy atom. The number of morpholine rings is 1. The van der Waals surface area contributed by atoms with E-state index in [1.807, 2.05) is 0 Å². The third kappa shape index (κ3) is 5.00. The highest BCUT2D eigenvalue weighted by molar-refractivity contribution is 5.85. The van der Waals surface area contributed by atoms with Crippen molar-refractivity contribution >= 4 is 29.9 Å². The second-order valence-corrected chi connectivity index (χ2v) is 7.28. The first kappa shape index (κ1) is 20.1. The Morgan fingerprint density at radius 2 is 1.89 bits per heavy atom. The van der Waals surface area contributed by atoms with Crippen molar-refractivity contribution in [2.24, 2.45) is 0 Å². The molecule has 0 saturated carbocycles. The quantitative estimate of drug-likeness (QED) is 0.769. The van der Waals surface area contributed by atoms with Crippen molar-refractivity contribution in [1.82, 2.24) is 20.6 Å². The van der Waals surface area contributed by atoms with Crippen LogP contribution in [0.3, 0.4) is 0 Å². The maximum atomic E-state index is 12.4. The molecule has 1 aromatic heterocycles. The van der Waals surface area contributed by atoms with Gasteiger partial charge < -0.3 is 25.2 Å². The molecule has 0 aliphatic carbocycles. The Hall–Kier alpha value is -1.64. The fourth-order valence-corrected chi connectivity index (χ4v) is 3.99. The van der Waals surface area contributed by atoms with Crippen LogP contribution >= 0.6 is 12.4 Å². The summed E-state index contributed by atoms with van der Waals surface area (Å²) in [5, 5.41) is 6.50. The molecule has 27 heavy (non-hydrogen) atoms. The summed E-state index contributed by atoms with van der Waals surface area (Å²) in [4.78, 5) is 25.8. The van der Waals surface area contributed by atoms with Gasteiger partial charge in [-0.15, -0.1) is 12.4 Å². The molecule has 0 aromatic carbocycles. The highest BCUT2D eigenvalue weighted by Crippen LogP contribution is 2.22. The second kappa shape index (κ2) is 9.52. The number of halogens is 1. The molecular formula is C18H29ClN6O2. The molecule has 0 radical (unpaired) electrons. The molecule has 1 amide bonds. The Kier molecular flexibility index (Phi) is 7.09. The van der Waals surface area contributed by atoms with E-state index >= 15 is 0 Å². The van der Waals surface area contributed by atoms with Crippen LogP contribution in [0.2, 0.25) is 0 Å². The molecule has 0 bridgehead atoms. The number of aromatic nitrogens is 2. The van der Waals surface area contributed by atoms with E-state index in [4.69, 9.17) is 4.74 Å². The molecule has 3 aliphatic rings. The third-order valence-corrected chi connectivity index (χ3v) is 5.44. The summed E-state index contributed by atoms with van der Waals surface area (Å²) in [5.74, 6) is 2.05. The van der Waals surface area contributed by atoms with Gasteiger partial charge in [-0.05, 0) is 32.2 Å². The number of hydrogen-bond acceptors (Lipinski definition) is 7. The molecule has 8 nitrogen and oxygen atoms in total. The third-order valence-electron chi connectivity index (χ3n) is 5.44. The Labute approximate surface area is 166 Å². The predicted octanol–water partition coefficient (Wildman–Crippen LogP) is 0.572. The molecule has 3 saturated heterocycles. The largest absolute Gasteiger partial charge is 0.378 e. The lowest BCUT2D eigenvalue weighted by atomic mass is 10.0. The minimum Gasteiger partial charge on any atom is -0.378 e. The lowest BCUT2D eigenvalue weighted by Crippen LogP contribution is -2.52. The average molecular weight is 397 g/mol. The van der Waals surface area contributed by atoms with E-state index in [0.29, 0.717) is 0 Å². The van der Waals surface area contributed by atoms with Gasteiger partial charge in [0.25, 0.3) is 0 Å². The van der Waals surface area contributed by atoms with Gasteiger partial charge in [0.1, 0.15) is 18.0 Å². The van der Waals surface area contributed by atoms with Crippen molar-refractivity contribution in [3.63, 3.8) is 0 Å². The number of nitrogens with one attached hydrogen (secondary N) is 2. The first-order chi connectivity index (χ1) is 12.8. The van der Waals surface area contributed by atoms with E-state index in [1.165, 1.54) is 0 Å². The molecule has 3 fully saturated rings. The van der Waals surface area contributed by atoms with Crippen LogP contribution in [-0.4, -0.2) is 73.9 Å². The SMILES string of the molecule is Cl.O=C(NC1CCCN(c2cc(N3CCOCC3)ncn2)C1)C1CCCN1. The maximum absolute atomic E-state index is 12.4. The van der Waals surface area contributed by atoms with Crippen molar-refractivity contribution in [3.8, 4) is 0 Å². The first-order valence-corrected chi connectivity index (χ1v) is 9.73. The van der Waals surface area contributed by atoms with Gasteiger partial charge in [-0.25, -0.2) is 9.97 Å². The molecule has 2 N–H and O–H groups in total. The van der Waals surface area contributed by atoms with Gasteiger partial charge in [0.2, 0.25) is 5.91 Å². The molecule has 0 spiro atoms. The standard InChI is InChI=1S/C18H28N6O2.ClH/c25-18(15-4-1-5-19-15)22-14-3-2-6-24(12-14)17-11-16(20-13-21-17)23-7-9-26-10-8-23;/h11,13-15,19H,1-10,12H2,(H,22,25);1H. The summed E-state index contributed by atoms with van der Waals surface area (Å²) >= 11 is 0. The lowest BCUT2D eigenvalue weighted by molar-refractivity contribution is -0.123. The van der Waals surface area contributed by atoms with Crippen LogP contribution in [0.1, 0.15) is 25.7 Å². The summed E-state index contributed by atoms with van der Waals surface area (Å²) in [7, 11) is 0. The second-order valence-electron chi connectivity index (χ2n) is 7.28. The van der Waals surface area contributed by atoms with Crippen LogP contribution in [0.4, 0.5) is 11.6 Å². The summed E-state index contributed by atoms with van der Waals surface area (Å²) in [6.45, 7) is 5.93. The number of amides is 1. The van der Waals surface area contributed by atoms with Crippen molar-refractivity contribution in [1.29, 1.82) is 0 Å². The van der Waals surface area contributed by atoms with E-state index in [9.17, 15) is 4.79 Å². The normalized spacial score (nSPS) is 25.8. The number of anilines is 2. The number of ether oxygens (including phenoxy) is 1. The molecular weight excluding hydrogens is 368 g/mol. The first-order valence-electron chi connectivity index (χ1n) is 9.73. The fourth-order valence-electron chi connectivity index (χ4n) is 3.99.